The van der Waals surface area contributed by atoms with Crippen molar-refractivity contribution in [1.82, 2.24) is 0 Å². The van der Waals surface area contributed by atoms with Gasteiger partial charge in [-0.25, -0.2) is 4.39 Å². The average molecular weight is 181 g/mol. The van der Waals surface area contributed by atoms with E-state index in [0.29, 0.717) is 11.3 Å². The molecule has 0 aromatic heterocycles. The molecule has 1 aromatic carbocycles. The van der Waals surface area contributed by atoms with Gasteiger partial charge in [-0.15, -0.1) is 0 Å². The van der Waals surface area contributed by atoms with Gasteiger partial charge in [-0.1, -0.05) is 12.1 Å². The molecule has 1 aliphatic rings. The van der Waals surface area contributed by atoms with Crippen LogP contribution in [0.3, 0.4) is 0 Å². The Morgan fingerprint density at radius 1 is 1.62 bits per heavy atom. The Hall–Kier alpha value is -1.58. The van der Waals surface area contributed by atoms with Gasteiger partial charge in [-0.05, 0) is 11.6 Å². The summed E-state index contributed by atoms with van der Waals surface area (Å²) in [6.07, 6.45) is 0. The van der Waals surface area contributed by atoms with Gasteiger partial charge in [0.15, 0.2) is 0 Å². The second-order valence-corrected chi connectivity index (χ2v) is 2.98. The number of benzene rings is 1. The van der Waals surface area contributed by atoms with Gasteiger partial charge in [-0.2, -0.15) is 0 Å². The molecule has 1 heterocycles. The quantitative estimate of drug-likeness (QED) is 0.688. The van der Waals surface area contributed by atoms with Gasteiger partial charge in [0.2, 0.25) is 0 Å². The van der Waals surface area contributed by atoms with Crippen molar-refractivity contribution in [2.75, 3.05) is 11.9 Å². The molecule has 2 rings (SSSR count). The molecule has 0 amide bonds. The first-order valence-electron chi connectivity index (χ1n) is 3.95. The maximum Gasteiger partial charge on any atom is 0.312 e. The van der Waals surface area contributed by atoms with E-state index in [1.165, 1.54) is 12.1 Å². The Balaban J connectivity index is 2.49. The molecule has 0 aliphatic carbocycles. The second-order valence-electron chi connectivity index (χ2n) is 2.98. The van der Waals surface area contributed by atoms with Crippen LogP contribution in [0.25, 0.3) is 0 Å². The minimum atomic E-state index is -0.920. The minimum absolute atomic E-state index is 0.269. The molecule has 0 saturated heterocycles. The van der Waals surface area contributed by atoms with Gasteiger partial charge in [0, 0.05) is 6.54 Å². The van der Waals surface area contributed by atoms with Gasteiger partial charge >= 0.3 is 5.97 Å². The minimum Gasteiger partial charge on any atom is -0.481 e. The van der Waals surface area contributed by atoms with E-state index in [1.54, 1.807) is 6.07 Å². The van der Waals surface area contributed by atoms with Crippen LogP contribution >= 0.6 is 0 Å². The summed E-state index contributed by atoms with van der Waals surface area (Å²) in [6.45, 7) is 0.269. The van der Waals surface area contributed by atoms with Crippen molar-refractivity contribution >= 4 is 11.7 Å². The normalized spacial score (nSPS) is 19.3. The summed E-state index contributed by atoms with van der Waals surface area (Å²) >= 11 is 0. The molecule has 0 fully saturated rings. The maximum absolute atomic E-state index is 13.1. The zero-order chi connectivity index (χ0) is 9.42. The van der Waals surface area contributed by atoms with E-state index in [1.807, 2.05) is 0 Å². The lowest BCUT2D eigenvalue weighted by Gasteiger charge is -2.02. The average Bonchev–Trinajstić information content (AvgIpc) is 2.48. The van der Waals surface area contributed by atoms with E-state index in [9.17, 15) is 9.18 Å². The zero-order valence-electron chi connectivity index (χ0n) is 6.75. The van der Waals surface area contributed by atoms with Crippen molar-refractivity contribution in [3.05, 3.63) is 29.6 Å². The smallest absolute Gasteiger partial charge is 0.312 e. The summed E-state index contributed by atoms with van der Waals surface area (Å²) < 4.78 is 13.1. The number of para-hydroxylation sites is 1. The lowest BCUT2D eigenvalue weighted by atomic mass is 10.0. The van der Waals surface area contributed by atoms with Crippen LogP contribution in [0.5, 0.6) is 0 Å². The van der Waals surface area contributed by atoms with Crippen LogP contribution in [0.1, 0.15) is 11.5 Å². The van der Waals surface area contributed by atoms with Crippen LogP contribution < -0.4 is 5.32 Å². The molecule has 13 heavy (non-hydrogen) atoms. The molecule has 1 atom stereocenters. The van der Waals surface area contributed by atoms with Crippen LogP contribution in [0.15, 0.2) is 18.2 Å². The number of halogens is 1. The third-order valence-electron chi connectivity index (χ3n) is 2.20. The van der Waals surface area contributed by atoms with Gasteiger partial charge in [0.05, 0.1) is 5.69 Å². The predicted molar refractivity (Wildman–Crippen MR) is 45.3 cm³/mol. The van der Waals surface area contributed by atoms with Crippen LogP contribution in [0.4, 0.5) is 10.1 Å². The van der Waals surface area contributed by atoms with Crippen molar-refractivity contribution in [1.29, 1.82) is 0 Å². The molecule has 0 bridgehead atoms. The molecule has 2 N–H and O–H groups in total. The topological polar surface area (TPSA) is 49.3 Å². The summed E-state index contributed by atoms with van der Waals surface area (Å²) in [5.74, 6) is -1.93. The first kappa shape index (κ1) is 8.04. The molecule has 1 aromatic rings. The highest BCUT2D eigenvalue weighted by Crippen LogP contribution is 2.33. The van der Waals surface area contributed by atoms with Crippen molar-refractivity contribution in [2.45, 2.75) is 5.92 Å². The van der Waals surface area contributed by atoms with Crippen molar-refractivity contribution < 1.29 is 14.3 Å². The number of nitrogens with one attached hydrogen (secondary N) is 1. The molecule has 0 saturated carbocycles. The number of hydrogen-bond donors (Lipinski definition) is 2. The molecular weight excluding hydrogens is 173 g/mol. The van der Waals surface area contributed by atoms with Crippen molar-refractivity contribution in [3.8, 4) is 0 Å². The highest BCUT2D eigenvalue weighted by atomic mass is 19.1. The van der Waals surface area contributed by atoms with E-state index in [4.69, 9.17) is 5.11 Å². The predicted octanol–water partition coefficient (Wildman–Crippen LogP) is 1.42. The van der Waals surface area contributed by atoms with E-state index in [-0.39, 0.29) is 12.4 Å². The second kappa shape index (κ2) is 2.73. The van der Waals surface area contributed by atoms with E-state index >= 15 is 0 Å². The fourth-order valence-corrected chi connectivity index (χ4v) is 1.55. The summed E-state index contributed by atoms with van der Waals surface area (Å²) in [7, 11) is 0. The molecule has 0 spiro atoms. The Bertz CT molecular complexity index is 365. The number of carboxylic acid groups (broad SMARTS) is 1. The van der Waals surface area contributed by atoms with Crippen LogP contribution in [0, 0.1) is 5.82 Å². The van der Waals surface area contributed by atoms with Gasteiger partial charge in [0.1, 0.15) is 11.7 Å². The van der Waals surface area contributed by atoms with E-state index in [0.717, 1.165) is 0 Å². The van der Waals surface area contributed by atoms with Gasteiger partial charge < -0.3 is 10.4 Å². The molecule has 68 valence electrons. The number of carbonyl (C=O) groups is 1. The number of anilines is 1. The molecule has 0 radical (unpaired) electrons. The highest BCUT2D eigenvalue weighted by Gasteiger charge is 2.29. The standard InChI is InChI=1S/C9H8FNO2/c10-7-3-1-2-5-6(9(12)13)4-11-8(5)7/h1-3,6,11H,4H2,(H,12,13). The summed E-state index contributed by atoms with van der Waals surface area (Å²) in [4.78, 5) is 10.7. The third-order valence-corrected chi connectivity index (χ3v) is 2.20. The fraction of sp³-hybridized carbons (Fsp3) is 0.222. The Morgan fingerprint density at radius 3 is 3.08 bits per heavy atom. The number of rotatable bonds is 1. The number of carboxylic acids is 1. The van der Waals surface area contributed by atoms with Gasteiger partial charge in [0.25, 0.3) is 0 Å². The molecule has 3 nitrogen and oxygen atoms in total. The van der Waals surface area contributed by atoms with Gasteiger partial charge in [-0.3, -0.25) is 4.79 Å². The molecule has 1 aliphatic heterocycles. The van der Waals surface area contributed by atoms with Crippen LogP contribution in [-0.4, -0.2) is 17.6 Å². The SMILES string of the molecule is O=C(O)C1CNc2c(F)cccc21. The van der Waals surface area contributed by atoms with Crippen molar-refractivity contribution in [2.24, 2.45) is 0 Å². The Kier molecular flexibility index (Phi) is 1.69. The first-order valence-corrected chi connectivity index (χ1v) is 3.95. The fourth-order valence-electron chi connectivity index (χ4n) is 1.55. The number of fused-ring (bicyclic) bond motifs is 1. The maximum atomic E-state index is 13.1. The monoisotopic (exact) mass is 181 g/mol. The third kappa shape index (κ3) is 1.14. The molecular formula is C9H8FNO2. The Morgan fingerprint density at radius 2 is 2.38 bits per heavy atom. The number of aliphatic carboxylic acids is 1. The van der Waals surface area contributed by atoms with E-state index in [2.05, 4.69) is 5.32 Å². The lowest BCUT2D eigenvalue weighted by molar-refractivity contribution is -0.138. The summed E-state index contributed by atoms with van der Waals surface area (Å²) in [5, 5.41) is 11.5. The summed E-state index contributed by atoms with van der Waals surface area (Å²) in [6, 6.07) is 4.48. The summed E-state index contributed by atoms with van der Waals surface area (Å²) in [5.41, 5.74) is 0.863. The highest BCUT2D eigenvalue weighted by molar-refractivity contribution is 5.82. The van der Waals surface area contributed by atoms with E-state index < -0.39 is 11.9 Å². The zero-order valence-corrected chi connectivity index (χ0v) is 6.75. The molecule has 4 heteroatoms. The molecule has 1 unspecified atom stereocenters. The van der Waals surface area contributed by atoms with Crippen LogP contribution in [-0.2, 0) is 4.79 Å². The van der Waals surface area contributed by atoms with Crippen LogP contribution in [0.2, 0.25) is 0 Å². The first-order chi connectivity index (χ1) is 6.20. The largest absolute Gasteiger partial charge is 0.481 e. The Labute approximate surface area is 74.2 Å². The van der Waals surface area contributed by atoms with Crippen molar-refractivity contribution in [3.63, 3.8) is 0 Å². The lowest BCUT2D eigenvalue weighted by Crippen LogP contribution is -2.12. The number of hydrogen-bond acceptors (Lipinski definition) is 2.